The van der Waals surface area contributed by atoms with Gasteiger partial charge in [-0.15, -0.1) is 0 Å². The van der Waals surface area contributed by atoms with E-state index in [4.69, 9.17) is 4.74 Å². The minimum Gasteiger partial charge on any atom is -0.481 e. The number of aliphatic carboxylic acids is 1. The SMILES string of the molecule is CC(C)C(CP(=O)(O)C(CC1CCCCC1)NC(=O)OC(C)(C)C)C(=O)O. The van der Waals surface area contributed by atoms with Crippen molar-refractivity contribution in [3.63, 3.8) is 0 Å². The van der Waals surface area contributed by atoms with Gasteiger partial charge < -0.3 is 20.1 Å². The highest BCUT2D eigenvalue weighted by Crippen LogP contribution is 2.51. The fourth-order valence-electron chi connectivity index (χ4n) is 3.49. The van der Waals surface area contributed by atoms with Gasteiger partial charge in [-0.1, -0.05) is 46.0 Å². The molecule has 7 nitrogen and oxygen atoms in total. The first-order chi connectivity index (χ1) is 12.3. The van der Waals surface area contributed by atoms with Crippen molar-refractivity contribution in [1.82, 2.24) is 5.32 Å². The molecule has 3 N–H and O–H groups in total. The maximum absolute atomic E-state index is 13.1. The summed E-state index contributed by atoms with van der Waals surface area (Å²) in [4.78, 5) is 34.5. The van der Waals surface area contributed by atoms with Crippen LogP contribution in [0.4, 0.5) is 4.79 Å². The van der Waals surface area contributed by atoms with Crippen LogP contribution in [0, 0.1) is 17.8 Å². The van der Waals surface area contributed by atoms with Crippen molar-refractivity contribution in [1.29, 1.82) is 0 Å². The molecule has 27 heavy (non-hydrogen) atoms. The Bertz CT molecular complexity index is 551. The van der Waals surface area contributed by atoms with Gasteiger partial charge in [-0.2, -0.15) is 0 Å². The lowest BCUT2D eigenvalue weighted by Gasteiger charge is -2.32. The predicted molar refractivity (Wildman–Crippen MR) is 105 cm³/mol. The van der Waals surface area contributed by atoms with Crippen LogP contribution in [0.3, 0.4) is 0 Å². The lowest BCUT2D eigenvalue weighted by molar-refractivity contribution is -0.142. The standard InChI is InChI=1S/C19H36NO6P/c1-13(2)15(17(21)22)12-27(24,25)16(11-14-9-7-6-8-10-14)20-18(23)26-19(3,4)5/h13-16H,6-12H2,1-5H3,(H,20,23)(H,21,22)(H,24,25). The number of ether oxygens (including phenoxy) is 1. The molecule has 158 valence electrons. The largest absolute Gasteiger partial charge is 0.481 e. The number of nitrogens with one attached hydrogen (secondary N) is 1. The van der Waals surface area contributed by atoms with Crippen molar-refractivity contribution in [2.45, 2.75) is 84.5 Å². The second-order valence-electron chi connectivity index (χ2n) is 9.03. The number of carbonyl (C=O) groups is 2. The number of alkyl carbamates (subject to hydrolysis) is 1. The summed E-state index contributed by atoms with van der Waals surface area (Å²) in [5.74, 6) is -3.04. The van der Waals surface area contributed by atoms with Crippen molar-refractivity contribution < 1.29 is 28.9 Å². The van der Waals surface area contributed by atoms with Crippen LogP contribution in [0.2, 0.25) is 0 Å². The maximum Gasteiger partial charge on any atom is 0.408 e. The summed E-state index contributed by atoms with van der Waals surface area (Å²) in [6.45, 7) is 8.61. The Balaban J connectivity index is 2.96. The van der Waals surface area contributed by atoms with Crippen LogP contribution in [-0.4, -0.2) is 39.6 Å². The average molecular weight is 405 g/mol. The van der Waals surface area contributed by atoms with Crippen molar-refractivity contribution in [2.24, 2.45) is 17.8 Å². The summed E-state index contributed by atoms with van der Waals surface area (Å²) in [7, 11) is -3.95. The summed E-state index contributed by atoms with van der Waals surface area (Å²) < 4.78 is 18.4. The van der Waals surface area contributed by atoms with E-state index in [1.54, 1.807) is 34.6 Å². The topological polar surface area (TPSA) is 113 Å². The third-order valence-corrected chi connectivity index (χ3v) is 7.26. The highest BCUT2D eigenvalue weighted by molar-refractivity contribution is 7.58. The molecule has 1 fully saturated rings. The molecule has 3 atom stereocenters. The van der Waals surface area contributed by atoms with Gasteiger partial charge in [0.25, 0.3) is 0 Å². The van der Waals surface area contributed by atoms with Crippen LogP contribution in [0.15, 0.2) is 0 Å². The van der Waals surface area contributed by atoms with E-state index in [0.29, 0.717) is 6.42 Å². The van der Waals surface area contributed by atoms with Crippen LogP contribution in [0.25, 0.3) is 0 Å². The Morgan fingerprint density at radius 2 is 1.74 bits per heavy atom. The quantitative estimate of drug-likeness (QED) is 0.515. The van der Waals surface area contributed by atoms with E-state index in [1.165, 1.54) is 0 Å². The number of amides is 1. The summed E-state index contributed by atoms with van der Waals surface area (Å²) in [6, 6.07) is 0. The Labute approximate surface area is 162 Å². The van der Waals surface area contributed by atoms with Gasteiger partial charge in [0.15, 0.2) is 0 Å². The Hall–Kier alpha value is -1.07. The minimum absolute atomic E-state index is 0.251. The molecule has 3 unspecified atom stereocenters. The van der Waals surface area contributed by atoms with Crippen molar-refractivity contribution in [3.05, 3.63) is 0 Å². The molecule has 0 aromatic carbocycles. The lowest BCUT2D eigenvalue weighted by atomic mass is 9.87. The normalized spacial score (nSPS) is 20.6. The van der Waals surface area contributed by atoms with E-state index in [1.807, 2.05) is 0 Å². The van der Waals surface area contributed by atoms with Crippen LogP contribution in [0.5, 0.6) is 0 Å². The van der Waals surface area contributed by atoms with Crippen LogP contribution < -0.4 is 5.32 Å². The molecule has 0 aliphatic heterocycles. The van der Waals surface area contributed by atoms with Gasteiger partial charge in [0.1, 0.15) is 11.4 Å². The van der Waals surface area contributed by atoms with E-state index in [0.717, 1.165) is 32.1 Å². The highest BCUT2D eigenvalue weighted by Gasteiger charge is 2.40. The van der Waals surface area contributed by atoms with E-state index in [9.17, 15) is 24.2 Å². The van der Waals surface area contributed by atoms with Gasteiger partial charge in [0, 0.05) is 6.16 Å². The first-order valence-corrected chi connectivity index (χ1v) is 11.8. The molecule has 1 rings (SSSR count). The molecule has 0 bridgehead atoms. The molecule has 1 saturated carbocycles. The summed E-state index contributed by atoms with van der Waals surface area (Å²) in [5.41, 5.74) is -0.722. The van der Waals surface area contributed by atoms with Crippen molar-refractivity contribution >= 4 is 19.4 Å². The molecular formula is C19H36NO6P. The van der Waals surface area contributed by atoms with Gasteiger partial charge in [-0.25, -0.2) is 4.79 Å². The number of carboxylic acid groups (broad SMARTS) is 1. The van der Waals surface area contributed by atoms with Crippen LogP contribution in [0.1, 0.15) is 73.1 Å². The number of carbonyl (C=O) groups excluding carboxylic acids is 1. The lowest BCUT2D eigenvalue weighted by Crippen LogP contribution is -2.41. The minimum atomic E-state index is -3.95. The maximum atomic E-state index is 13.1. The van der Waals surface area contributed by atoms with Gasteiger partial charge in [-0.3, -0.25) is 9.36 Å². The molecule has 0 radical (unpaired) electrons. The van der Waals surface area contributed by atoms with Crippen LogP contribution >= 0.6 is 7.37 Å². The first kappa shape index (κ1) is 24.0. The monoisotopic (exact) mass is 405 g/mol. The fraction of sp³-hybridized carbons (Fsp3) is 0.895. The number of rotatable bonds is 8. The third kappa shape index (κ3) is 8.65. The third-order valence-electron chi connectivity index (χ3n) is 5.03. The van der Waals surface area contributed by atoms with E-state index in [2.05, 4.69) is 5.32 Å². The Kier molecular flexibility index (Phi) is 8.81. The molecule has 0 aromatic rings. The van der Waals surface area contributed by atoms with Gasteiger partial charge in [0.2, 0.25) is 7.37 Å². The number of hydrogen-bond acceptors (Lipinski definition) is 4. The zero-order chi connectivity index (χ0) is 20.8. The molecular weight excluding hydrogens is 369 g/mol. The molecule has 0 saturated heterocycles. The zero-order valence-electron chi connectivity index (χ0n) is 17.2. The average Bonchev–Trinajstić information content (AvgIpc) is 2.50. The second kappa shape index (κ2) is 9.92. The van der Waals surface area contributed by atoms with E-state index >= 15 is 0 Å². The molecule has 1 aliphatic rings. The fourth-order valence-corrected chi connectivity index (χ4v) is 5.82. The molecule has 1 aliphatic carbocycles. The smallest absolute Gasteiger partial charge is 0.408 e. The van der Waals surface area contributed by atoms with Crippen LogP contribution in [-0.2, 0) is 14.1 Å². The van der Waals surface area contributed by atoms with E-state index < -0.39 is 36.7 Å². The summed E-state index contributed by atoms with van der Waals surface area (Å²) >= 11 is 0. The van der Waals surface area contributed by atoms with E-state index in [-0.39, 0.29) is 18.0 Å². The van der Waals surface area contributed by atoms with Gasteiger partial charge >= 0.3 is 12.1 Å². The second-order valence-corrected chi connectivity index (χ2v) is 11.5. The van der Waals surface area contributed by atoms with Crippen molar-refractivity contribution in [2.75, 3.05) is 6.16 Å². The molecule has 1 amide bonds. The highest BCUT2D eigenvalue weighted by atomic mass is 31.2. The van der Waals surface area contributed by atoms with Crippen molar-refractivity contribution in [3.8, 4) is 0 Å². The zero-order valence-corrected chi connectivity index (χ0v) is 18.1. The summed E-state index contributed by atoms with van der Waals surface area (Å²) in [5, 5.41) is 12.0. The van der Waals surface area contributed by atoms with Gasteiger partial charge in [-0.05, 0) is 39.0 Å². The van der Waals surface area contributed by atoms with Gasteiger partial charge in [0.05, 0.1) is 5.92 Å². The first-order valence-electron chi connectivity index (χ1n) is 9.85. The Morgan fingerprint density at radius 1 is 1.19 bits per heavy atom. The number of carboxylic acids is 1. The number of hydrogen-bond donors (Lipinski definition) is 3. The molecule has 0 spiro atoms. The predicted octanol–water partition coefficient (Wildman–Crippen LogP) is 4.43. The molecule has 8 heteroatoms. The summed E-state index contributed by atoms with van der Waals surface area (Å²) in [6.07, 6.45) is 4.50. The molecule has 0 heterocycles. The molecule has 0 aromatic heterocycles. The Morgan fingerprint density at radius 3 is 2.19 bits per heavy atom.